The van der Waals surface area contributed by atoms with Crippen LogP contribution in [0.3, 0.4) is 0 Å². The molecule has 1 atom stereocenters. The summed E-state index contributed by atoms with van der Waals surface area (Å²) >= 11 is 0. The van der Waals surface area contributed by atoms with Gasteiger partial charge in [-0.1, -0.05) is 51.1 Å². The molecule has 0 amide bonds. The molecule has 3 aromatic rings. The zero-order chi connectivity index (χ0) is 30.7. The molecule has 42 heavy (non-hydrogen) atoms. The van der Waals surface area contributed by atoms with Crippen molar-refractivity contribution in [3.05, 3.63) is 65.4 Å². The predicted molar refractivity (Wildman–Crippen MR) is 166 cm³/mol. The zero-order valence-electron chi connectivity index (χ0n) is 24.5. The van der Waals surface area contributed by atoms with Crippen molar-refractivity contribution in [3.63, 3.8) is 0 Å². The third-order valence-corrected chi connectivity index (χ3v) is 9.28. The fraction of sp³-hybridized carbons (Fsp3) is 0.414. The molecule has 0 fully saturated rings. The third kappa shape index (κ3) is 7.55. The summed E-state index contributed by atoms with van der Waals surface area (Å²) in [7, 11) is -7.51. The maximum Gasteiger partial charge on any atom is 0.348 e. The van der Waals surface area contributed by atoms with Crippen molar-refractivity contribution >= 4 is 40.1 Å². The number of nitrogens with one attached hydrogen (secondary N) is 2. The number of rotatable bonds is 12. The molecule has 13 heteroatoms. The van der Waals surface area contributed by atoms with Crippen LogP contribution in [-0.2, 0) is 43.4 Å². The normalized spacial score (nSPS) is 16.9. The monoisotopic (exact) mass is 618 g/mol. The van der Waals surface area contributed by atoms with Gasteiger partial charge in [0.15, 0.2) is 11.6 Å². The molecule has 1 unspecified atom stereocenters. The molecule has 2 aromatic carbocycles. The Hall–Kier alpha value is -3.31. The van der Waals surface area contributed by atoms with E-state index in [1.807, 2.05) is 30.3 Å². The predicted octanol–water partition coefficient (Wildman–Crippen LogP) is 5.19. The summed E-state index contributed by atoms with van der Waals surface area (Å²) in [5.74, 6) is -0.431. The molecule has 0 spiro atoms. The van der Waals surface area contributed by atoms with Crippen LogP contribution in [-0.4, -0.2) is 48.5 Å². The molecule has 4 N–H and O–H groups in total. The van der Waals surface area contributed by atoms with Gasteiger partial charge in [-0.3, -0.25) is 9.29 Å². The van der Waals surface area contributed by atoms with E-state index < -0.39 is 17.5 Å². The lowest BCUT2D eigenvalue weighted by molar-refractivity contribution is 0.122. The minimum atomic E-state index is -3.93. The van der Waals surface area contributed by atoms with Crippen LogP contribution in [0.5, 0.6) is 11.6 Å². The highest BCUT2D eigenvalue weighted by atomic mass is 32.2. The van der Waals surface area contributed by atoms with Gasteiger partial charge in [-0.2, -0.15) is 4.76 Å². The van der Waals surface area contributed by atoms with Crippen LogP contribution in [0.15, 0.2) is 53.3 Å². The molecule has 0 bridgehead atoms. The van der Waals surface area contributed by atoms with Crippen molar-refractivity contribution in [1.82, 2.24) is 4.57 Å². The number of fused-ring (bicyclic) bond motifs is 1. The number of ether oxygens (including phenoxy) is 1. The van der Waals surface area contributed by atoms with Crippen molar-refractivity contribution < 1.29 is 32.5 Å². The Kier molecular flexibility index (Phi) is 9.42. The summed E-state index contributed by atoms with van der Waals surface area (Å²) in [6, 6.07) is 14.2. The van der Waals surface area contributed by atoms with Crippen molar-refractivity contribution in [2.45, 2.75) is 53.7 Å². The van der Waals surface area contributed by atoms with Crippen LogP contribution in [0.25, 0.3) is 0 Å². The number of anilines is 2. The van der Waals surface area contributed by atoms with Gasteiger partial charge in [0.25, 0.3) is 0 Å². The Labute approximate surface area is 247 Å². The first-order valence-corrected chi connectivity index (χ1v) is 17.2. The minimum absolute atomic E-state index is 0.00545. The highest BCUT2D eigenvalue weighted by Gasteiger charge is 2.37. The van der Waals surface area contributed by atoms with E-state index in [0.717, 1.165) is 11.8 Å². The highest BCUT2D eigenvalue weighted by molar-refractivity contribution is 7.92. The van der Waals surface area contributed by atoms with Crippen molar-refractivity contribution in [2.75, 3.05) is 29.5 Å². The number of hydrogen-bond acceptors (Lipinski definition) is 8. The molecule has 2 heterocycles. The molecule has 0 radical (unpaired) electrons. The number of aromatic nitrogens is 1. The number of hydrogen-bond donors (Lipinski definition) is 4. The van der Waals surface area contributed by atoms with Gasteiger partial charge in [0.05, 0.1) is 42.8 Å². The standard InChI is InChI=1S/C29H39N4O7PS/c1-6-40-41(36)24-18-21(32-42(5,37)38)12-13-22(24)30-27(31-41)25-26(34)23(33(28(25)35)16-15-29(2,3)4)14-17-39-19-20-10-8-7-9-11-20/h7-13,18,32,34-35H,6,14-17,19H2,1-5H3,(H,30,31,36). The molecule has 0 saturated heterocycles. The Morgan fingerprint density at radius 1 is 1.12 bits per heavy atom. The van der Waals surface area contributed by atoms with E-state index in [9.17, 15) is 23.2 Å². The van der Waals surface area contributed by atoms with Gasteiger partial charge >= 0.3 is 7.52 Å². The van der Waals surface area contributed by atoms with Crippen molar-refractivity contribution in [1.29, 1.82) is 0 Å². The van der Waals surface area contributed by atoms with Gasteiger partial charge in [-0.15, -0.1) is 0 Å². The van der Waals surface area contributed by atoms with Crippen molar-refractivity contribution in [3.8, 4) is 11.6 Å². The fourth-order valence-electron chi connectivity index (χ4n) is 4.61. The molecule has 228 valence electrons. The van der Waals surface area contributed by atoms with Crippen LogP contribution in [0.4, 0.5) is 11.4 Å². The van der Waals surface area contributed by atoms with Crippen LogP contribution in [0.2, 0.25) is 0 Å². The summed E-state index contributed by atoms with van der Waals surface area (Å²) in [6.45, 7) is 9.11. The number of amidine groups is 1. The second kappa shape index (κ2) is 12.5. The molecule has 1 aliphatic heterocycles. The topological polar surface area (TPSA) is 151 Å². The van der Waals surface area contributed by atoms with Gasteiger partial charge in [0, 0.05) is 18.7 Å². The first-order chi connectivity index (χ1) is 19.7. The van der Waals surface area contributed by atoms with E-state index in [-0.39, 0.29) is 52.6 Å². The second-order valence-corrected chi connectivity index (χ2v) is 15.1. The Morgan fingerprint density at radius 2 is 1.83 bits per heavy atom. The van der Waals surface area contributed by atoms with Crippen LogP contribution in [0.1, 0.15) is 50.9 Å². The second-order valence-electron chi connectivity index (χ2n) is 11.4. The summed E-state index contributed by atoms with van der Waals surface area (Å²) in [5.41, 5.74) is 2.00. The van der Waals surface area contributed by atoms with E-state index in [1.54, 1.807) is 17.6 Å². The van der Waals surface area contributed by atoms with Crippen LogP contribution in [0, 0.1) is 5.41 Å². The molecular formula is C29H39N4O7PS. The van der Waals surface area contributed by atoms with E-state index in [0.29, 0.717) is 37.4 Å². The van der Waals surface area contributed by atoms with E-state index in [1.165, 1.54) is 12.1 Å². The van der Waals surface area contributed by atoms with Gasteiger partial charge in [-0.05, 0) is 42.5 Å². The molecule has 0 saturated carbocycles. The third-order valence-electron chi connectivity index (χ3n) is 6.63. The average Bonchev–Trinajstić information content (AvgIpc) is 3.13. The summed E-state index contributed by atoms with van der Waals surface area (Å²) in [5, 5.41) is 26.1. The van der Waals surface area contributed by atoms with Gasteiger partial charge in [0.1, 0.15) is 5.56 Å². The first-order valence-electron chi connectivity index (χ1n) is 13.7. The van der Waals surface area contributed by atoms with E-state index >= 15 is 0 Å². The van der Waals surface area contributed by atoms with Gasteiger partial charge in [0.2, 0.25) is 15.9 Å². The summed E-state index contributed by atoms with van der Waals surface area (Å²) < 4.78 is 57.5. The maximum atomic E-state index is 14.1. The van der Waals surface area contributed by atoms with Crippen LogP contribution < -0.4 is 15.3 Å². The Bertz CT molecular complexity index is 1610. The smallest absolute Gasteiger partial charge is 0.348 e. The fourth-order valence-corrected chi connectivity index (χ4v) is 6.97. The van der Waals surface area contributed by atoms with E-state index in [2.05, 4.69) is 35.6 Å². The van der Waals surface area contributed by atoms with Crippen molar-refractivity contribution in [2.24, 2.45) is 10.2 Å². The van der Waals surface area contributed by atoms with E-state index in [4.69, 9.17) is 9.26 Å². The average molecular weight is 619 g/mol. The Balaban J connectivity index is 1.71. The lowest BCUT2D eigenvalue weighted by Gasteiger charge is -2.25. The zero-order valence-corrected chi connectivity index (χ0v) is 26.3. The number of benzene rings is 2. The molecule has 11 nitrogen and oxygen atoms in total. The molecule has 4 rings (SSSR count). The largest absolute Gasteiger partial charge is 0.505 e. The first kappa shape index (κ1) is 31.6. The molecule has 0 aliphatic carbocycles. The molecule has 1 aromatic heterocycles. The molecular weight excluding hydrogens is 579 g/mol. The van der Waals surface area contributed by atoms with Crippen LogP contribution >= 0.6 is 7.52 Å². The van der Waals surface area contributed by atoms with Gasteiger partial charge in [-0.25, -0.2) is 8.42 Å². The molecule has 1 aliphatic rings. The number of aromatic hydroxyl groups is 2. The quantitative estimate of drug-likeness (QED) is 0.160. The van der Waals surface area contributed by atoms with Gasteiger partial charge < -0.3 is 29.4 Å². The lowest BCUT2D eigenvalue weighted by atomic mass is 9.92. The number of nitrogens with zero attached hydrogens (tertiary/aromatic N) is 2. The summed E-state index contributed by atoms with van der Waals surface area (Å²) in [6.07, 6.45) is 2.04. The lowest BCUT2D eigenvalue weighted by Crippen LogP contribution is -2.26. The SMILES string of the molecule is CCOP1(=O)N=C(c2c(O)c(CCOCc3ccccc3)n(CCC(C)(C)C)c2O)Nc2ccc(NS(C)(=O)=O)cc21. The summed E-state index contributed by atoms with van der Waals surface area (Å²) in [4.78, 5) is 0. The Morgan fingerprint density at radius 3 is 2.48 bits per heavy atom. The maximum absolute atomic E-state index is 14.1. The highest BCUT2D eigenvalue weighted by Crippen LogP contribution is 2.53. The number of sulfonamides is 1. The minimum Gasteiger partial charge on any atom is -0.505 e.